The van der Waals surface area contributed by atoms with Crippen molar-refractivity contribution in [3.8, 4) is 0 Å². The number of imidazole rings is 1. The van der Waals surface area contributed by atoms with Crippen LogP contribution < -0.4 is 11.2 Å². The summed E-state index contributed by atoms with van der Waals surface area (Å²) < 4.78 is 4.00. The second-order valence-corrected chi connectivity index (χ2v) is 7.23. The SMILES string of the molecule is Cn1c(=O)c2c(ncn2C(C(=O)N2CCCCC2)c2ccccc2)n(C)c1=O. The van der Waals surface area contributed by atoms with Crippen molar-refractivity contribution >= 4 is 17.1 Å². The molecule has 2 aromatic heterocycles. The number of fused-ring (bicyclic) bond motifs is 1. The zero-order valence-corrected chi connectivity index (χ0v) is 16.0. The highest BCUT2D eigenvalue weighted by atomic mass is 16.2. The fraction of sp³-hybridized carbons (Fsp3) is 0.400. The number of rotatable bonds is 3. The van der Waals surface area contributed by atoms with Gasteiger partial charge in [0.25, 0.3) is 5.56 Å². The summed E-state index contributed by atoms with van der Waals surface area (Å²) in [5, 5.41) is 0. The van der Waals surface area contributed by atoms with Gasteiger partial charge in [0, 0.05) is 27.2 Å². The maximum atomic E-state index is 13.5. The predicted molar refractivity (Wildman–Crippen MR) is 105 cm³/mol. The maximum Gasteiger partial charge on any atom is 0.332 e. The lowest BCUT2D eigenvalue weighted by Crippen LogP contribution is -2.42. The Balaban J connectivity index is 1.94. The molecule has 4 rings (SSSR count). The van der Waals surface area contributed by atoms with Gasteiger partial charge in [0.2, 0.25) is 5.91 Å². The van der Waals surface area contributed by atoms with Crippen molar-refractivity contribution < 1.29 is 4.79 Å². The highest BCUT2D eigenvalue weighted by Gasteiger charge is 2.31. The molecule has 1 fully saturated rings. The average Bonchev–Trinajstić information content (AvgIpc) is 3.17. The second-order valence-electron chi connectivity index (χ2n) is 7.23. The van der Waals surface area contributed by atoms with Gasteiger partial charge in [-0.2, -0.15) is 0 Å². The molecule has 8 nitrogen and oxygen atoms in total. The number of hydrogen-bond donors (Lipinski definition) is 0. The highest BCUT2D eigenvalue weighted by molar-refractivity contribution is 5.86. The van der Waals surface area contributed by atoms with Crippen LogP contribution in [0.4, 0.5) is 0 Å². The van der Waals surface area contributed by atoms with Crippen molar-refractivity contribution in [2.45, 2.75) is 25.3 Å². The molecule has 0 radical (unpaired) electrons. The van der Waals surface area contributed by atoms with E-state index in [0.29, 0.717) is 13.1 Å². The summed E-state index contributed by atoms with van der Waals surface area (Å²) in [6, 6.07) is 8.70. The van der Waals surface area contributed by atoms with E-state index in [4.69, 9.17) is 0 Å². The topological polar surface area (TPSA) is 82.1 Å². The summed E-state index contributed by atoms with van der Waals surface area (Å²) in [4.78, 5) is 44.8. The summed E-state index contributed by atoms with van der Waals surface area (Å²) in [7, 11) is 3.01. The summed E-state index contributed by atoms with van der Waals surface area (Å²) in [6.07, 6.45) is 4.57. The van der Waals surface area contributed by atoms with Gasteiger partial charge in [0.1, 0.15) is 6.04 Å². The first-order valence-electron chi connectivity index (χ1n) is 9.47. The van der Waals surface area contributed by atoms with Gasteiger partial charge >= 0.3 is 5.69 Å². The van der Waals surface area contributed by atoms with E-state index in [0.717, 1.165) is 29.4 Å². The molecule has 3 aromatic rings. The molecule has 0 spiro atoms. The number of likely N-dealkylation sites (tertiary alicyclic amines) is 1. The number of nitrogens with zero attached hydrogens (tertiary/aromatic N) is 5. The van der Waals surface area contributed by atoms with E-state index in [9.17, 15) is 14.4 Å². The number of carbonyl (C=O) groups is 1. The van der Waals surface area contributed by atoms with Crippen molar-refractivity contribution in [1.29, 1.82) is 0 Å². The lowest BCUT2D eigenvalue weighted by Gasteiger charge is -2.31. The molecule has 1 saturated heterocycles. The molecule has 146 valence electrons. The van der Waals surface area contributed by atoms with Gasteiger partial charge < -0.3 is 9.47 Å². The molecule has 1 aromatic carbocycles. The van der Waals surface area contributed by atoms with Gasteiger partial charge in [0.15, 0.2) is 11.2 Å². The van der Waals surface area contributed by atoms with E-state index in [2.05, 4.69) is 4.98 Å². The Bertz CT molecular complexity index is 1140. The van der Waals surface area contributed by atoms with Gasteiger partial charge in [-0.3, -0.25) is 18.7 Å². The molecular weight excluding hydrogens is 358 g/mol. The molecule has 0 saturated carbocycles. The summed E-state index contributed by atoms with van der Waals surface area (Å²) >= 11 is 0. The first-order valence-corrected chi connectivity index (χ1v) is 9.47. The van der Waals surface area contributed by atoms with Gasteiger partial charge in [-0.25, -0.2) is 9.78 Å². The quantitative estimate of drug-likeness (QED) is 0.679. The lowest BCUT2D eigenvalue weighted by atomic mass is 10.0. The highest BCUT2D eigenvalue weighted by Crippen LogP contribution is 2.25. The monoisotopic (exact) mass is 381 g/mol. The second kappa shape index (κ2) is 7.10. The molecule has 0 N–H and O–H groups in total. The Morgan fingerprint density at radius 3 is 2.36 bits per heavy atom. The van der Waals surface area contributed by atoms with Crippen molar-refractivity contribution in [3.63, 3.8) is 0 Å². The molecule has 1 unspecified atom stereocenters. The number of carbonyl (C=O) groups excluding carboxylic acids is 1. The molecule has 8 heteroatoms. The minimum Gasteiger partial charge on any atom is -0.341 e. The molecule has 1 aliphatic rings. The van der Waals surface area contributed by atoms with E-state index in [1.54, 1.807) is 11.6 Å². The first kappa shape index (κ1) is 18.2. The minimum atomic E-state index is -0.700. The normalized spacial score (nSPS) is 15.7. The van der Waals surface area contributed by atoms with E-state index < -0.39 is 17.3 Å². The van der Waals surface area contributed by atoms with Crippen LogP contribution in [0.2, 0.25) is 0 Å². The fourth-order valence-corrected chi connectivity index (χ4v) is 3.90. The van der Waals surface area contributed by atoms with Crippen molar-refractivity contribution in [2.24, 2.45) is 14.1 Å². The number of benzene rings is 1. The van der Waals surface area contributed by atoms with Crippen LogP contribution in [0.25, 0.3) is 11.2 Å². The van der Waals surface area contributed by atoms with Crippen molar-refractivity contribution in [3.05, 3.63) is 63.1 Å². The minimum absolute atomic E-state index is 0.0545. The van der Waals surface area contributed by atoms with Gasteiger partial charge in [0.05, 0.1) is 6.33 Å². The standard InChI is InChI=1S/C20H23N5O3/c1-22-17-16(18(26)23(2)20(22)28)25(13-21-17)15(14-9-5-3-6-10-14)19(27)24-11-7-4-8-12-24/h3,5-6,9-10,13,15H,4,7-8,11-12H2,1-2H3. The van der Waals surface area contributed by atoms with Crippen LogP contribution in [-0.2, 0) is 18.9 Å². The van der Waals surface area contributed by atoms with Gasteiger partial charge in [-0.05, 0) is 24.8 Å². The lowest BCUT2D eigenvalue weighted by molar-refractivity contribution is -0.134. The zero-order chi connectivity index (χ0) is 19.8. The number of aryl methyl sites for hydroxylation is 1. The van der Waals surface area contributed by atoms with Crippen LogP contribution in [0.1, 0.15) is 30.9 Å². The first-order chi connectivity index (χ1) is 13.5. The number of amides is 1. The zero-order valence-electron chi connectivity index (χ0n) is 16.0. The van der Waals surface area contributed by atoms with Crippen LogP contribution in [-0.4, -0.2) is 42.6 Å². The Morgan fingerprint density at radius 1 is 1.00 bits per heavy atom. The van der Waals surface area contributed by atoms with E-state index in [-0.39, 0.29) is 17.1 Å². The number of aromatic nitrogens is 4. The fourth-order valence-electron chi connectivity index (χ4n) is 3.90. The van der Waals surface area contributed by atoms with E-state index >= 15 is 0 Å². The molecule has 0 bridgehead atoms. The summed E-state index contributed by atoms with van der Waals surface area (Å²) in [5.74, 6) is -0.0545. The number of piperidine rings is 1. The Labute approximate surface area is 161 Å². The Morgan fingerprint density at radius 2 is 1.68 bits per heavy atom. The molecule has 28 heavy (non-hydrogen) atoms. The summed E-state index contributed by atoms with van der Waals surface area (Å²) in [6.45, 7) is 1.43. The average molecular weight is 381 g/mol. The third-order valence-corrected chi connectivity index (χ3v) is 5.47. The van der Waals surface area contributed by atoms with Gasteiger partial charge in [-0.15, -0.1) is 0 Å². The number of hydrogen-bond acceptors (Lipinski definition) is 4. The van der Waals surface area contributed by atoms with Crippen LogP contribution in [0.3, 0.4) is 0 Å². The molecule has 3 heterocycles. The smallest absolute Gasteiger partial charge is 0.332 e. The Hall–Kier alpha value is -3.16. The van der Waals surface area contributed by atoms with Crippen LogP contribution in [0.5, 0.6) is 0 Å². The molecule has 1 atom stereocenters. The van der Waals surface area contributed by atoms with Crippen molar-refractivity contribution in [1.82, 2.24) is 23.6 Å². The molecule has 1 aliphatic heterocycles. The summed E-state index contributed by atoms with van der Waals surface area (Å²) in [5.41, 5.74) is 0.418. The van der Waals surface area contributed by atoms with Crippen molar-refractivity contribution in [2.75, 3.05) is 13.1 Å². The van der Waals surface area contributed by atoms with E-state index in [1.807, 2.05) is 35.2 Å². The van der Waals surface area contributed by atoms with Crippen LogP contribution >= 0.6 is 0 Å². The Kier molecular flexibility index (Phi) is 4.62. The molecular formula is C20H23N5O3. The predicted octanol–water partition coefficient (Wildman–Crippen LogP) is 1.04. The molecule has 0 aliphatic carbocycles. The van der Waals surface area contributed by atoms with Crippen LogP contribution in [0, 0.1) is 0 Å². The molecule has 1 amide bonds. The third-order valence-electron chi connectivity index (χ3n) is 5.47. The largest absolute Gasteiger partial charge is 0.341 e. The van der Waals surface area contributed by atoms with E-state index in [1.165, 1.54) is 17.9 Å². The maximum absolute atomic E-state index is 13.5. The third kappa shape index (κ3) is 2.85. The van der Waals surface area contributed by atoms with Gasteiger partial charge in [-0.1, -0.05) is 30.3 Å². The van der Waals surface area contributed by atoms with Crippen LogP contribution in [0.15, 0.2) is 46.2 Å².